The molecule has 0 unspecified atom stereocenters. The average Bonchev–Trinajstić information content (AvgIpc) is 2.97. The zero-order valence-electron chi connectivity index (χ0n) is 12.2. The normalized spacial score (nSPS) is 24.1. The van der Waals surface area contributed by atoms with Crippen LogP contribution < -0.4 is 5.73 Å². The van der Waals surface area contributed by atoms with E-state index in [1.165, 1.54) is 0 Å². The summed E-state index contributed by atoms with van der Waals surface area (Å²) in [6.07, 6.45) is 5.28. The number of rotatable bonds is 4. The molecule has 0 aromatic rings. The zero-order chi connectivity index (χ0) is 14.6. The second-order valence-corrected chi connectivity index (χ2v) is 5.72. The SMILES string of the molecule is CCOC1CCN(C(=O)C2(C(N)=NO)CCCC2)CC1. The van der Waals surface area contributed by atoms with Crippen molar-refractivity contribution in [1.82, 2.24) is 4.90 Å². The number of nitrogens with two attached hydrogens (primary N) is 1. The number of nitrogens with zero attached hydrogens (tertiary/aromatic N) is 2. The Morgan fingerprint density at radius 1 is 1.40 bits per heavy atom. The molecule has 114 valence electrons. The summed E-state index contributed by atoms with van der Waals surface area (Å²) in [6, 6.07) is 0. The molecular weight excluding hydrogens is 258 g/mol. The van der Waals surface area contributed by atoms with E-state index in [0.717, 1.165) is 25.7 Å². The van der Waals surface area contributed by atoms with E-state index in [2.05, 4.69) is 5.16 Å². The first-order chi connectivity index (χ1) is 9.64. The van der Waals surface area contributed by atoms with Crippen LogP contribution in [-0.2, 0) is 9.53 Å². The van der Waals surface area contributed by atoms with E-state index >= 15 is 0 Å². The monoisotopic (exact) mass is 283 g/mol. The van der Waals surface area contributed by atoms with Crippen LogP contribution in [0.15, 0.2) is 5.16 Å². The van der Waals surface area contributed by atoms with Crippen LogP contribution in [0.2, 0.25) is 0 Å². The molecule has 20 heavy (non-hydrogen) atoms. The molecule has 1 aliphatic carbocycles. The molecular formula is C14H25N3O3. The first-order valence-corrected chi connectivity index (χ1v) is 7.53. The van der Waals surface area contributed by atoms with Crippen molar-refractivity contribution in [3.05, 3.63) is 0 Å². The third-order valence-corrected chi connectivity index (χ3v) is 4.60. The Kier molecular flexibility index (Phi) is 4.86. The summed E-state index contributed by atoms with van der Waals surface area (Å²) >= 11 is 0. The highest BCUT2D eigenvalue weighted by Crippen LogP contribution is 2.40. The lowest BCUT2D eigenvalue weighted by Gasteiger charge is -2.37. The number of oxime groups is 1. The fourth-order valence-electron chi connectivity index (χ4n) is 3.42. The standard InChI is InChI=1S/C14H25N3O3/c1-2-20-11-5-9-17(10-6-11)13(18)14(12(15)16-19)7-3-4-8-14/h11,19H,2-10H2,1H3,(H2,15,16). The van der Waals surface area contributed by atoms with E-state index in [1.807, 2.05) is 11.8 Å². The van der Waals surface area contributed by atoms with Crippen molar-refractivity contribution in [3.8, 4) is 0 Å². The number of piperidine rings is 1. The van der Waals surface area contributed by atoms with Gasteiger partial charge in [-0.25, -0.2) is 0 Å². The van der Waals surface area contributed by atoms with Crippen molar-refractivity contribution in [3.63, 3.8) is 0 Å². The minimum Gasteiger partial charge on any atom is -0.409 e. The fraction of sp³-hybridized carbons (Fsp3) is 0.857. The van der Waals surface area contributed by atoms with Crippen LogP contribution in [0, 0.1) is 5.41 Å². The van der Waals surface area contributed by atoms with Crippen LogP contribution in [0.4, 0.5) is 0 Å². The number of amidine groups is 1. The molecule has 6 heteroatoms. The van der Waals surface area contributed by atoms with Crippen LogP contribution in [-0.4, -0.2) is 47.7 Å². The molecule has 0 atom stereocenters. The maximum Gasteiger partial charge on any atom is 0.236 e. The highest BCUT2D eigenvalue weighted by atomic mass is 16.5. The molecule has 2 aliphatic rings. The highest BCUT2D eigenvalue weighted by Gasteiger charge is 2.47. The second kappa shape index (κ2) is 6.43. The lowest BCUT2D eigenvalue weighted by Crippen LogP contribution is -2.52. The number of likely N-dealkylation sites (tertiary alicyclic amines) is 1. The second-order valence-electron chi connectivity index (χ2n) is 5.72. The maximum absolute atomic E-state index is 12.8. The van der Waals surface area contributed by atoms with Crippen LogP contribution in [0.1, 0.15) is 45.4 Å². The third kappa shape index (κ3) is 2.75. The van der Waals surface area contributed by atoms with Gasteiger partial charge in [0, 0.05) is 19.7 Å². The highest BCUT2D eigenvalue weighted by molar-refractivity contribution is 6.07. The van der Waals surface area contributed by atoms with Gasteiger partial charge < -0.3 is 20.6 Å². The molecule has 1 saturated carbocycles. The van der Waals surface area contributed by atoms with Gasteiger partial charge in [-0.05, 0) is 32.6 Å². The molecule has 1 saturated heterocycles. The summed E-state index contributed by atoms with van der Waals surface area (Å²) in [7, 11) is 0. The molecule has 2 fully saturated rings. The van der Waals surface area contributed by atoms with Crippen LogP contribution in [0.5, 0.6) is 0 Å². The van der Waals surface area contributed by atoms with Gasteiger partial charge in [0.1, 0.15) is 5.41 Å². The fourth-order valence-corrected chi connectivity index (χ4v) is 3.42. The van der Waals surface area contributed by atoms with Gasteiger partial charge in [0.05, 0.1) is 6.10 Å². The van der Waals surface area contributed by atoms with E-state index in [9.17, 15) is 4.79 Å². The first kappa shape index (κ1) is 15.1. The van der Waals surface area contributed by atoms with Gasteiger partial charge in [-0.3, -0.25) is 4.79 Å². The van der Waals surface area contributed by atoms with Gasteiger partial charge in [0.2, 0.25) is 5.91 Å². The molecule has 3 N–H and O–H groups in total. The summed E-state index contributed by atoms with van der Waals surface area (Å²) in [5.41, 5.74) is 5.05. The van der Waals surface area contributed by atoms with Crippen molar-refractivity contribution in [1.29, 1.82) is 0 Å². The van der Waals surface area contributed by atoms with Crippen LogP contribution in [0.3, 0.4) is 0 Å². The minimum absolute atomic E-state index is 0.0280. The number of ether oxygens (including phenoxy) is 1. The molecule has 2 rings (SSSR count). The summed E-state index contributed by atoms with van der Waals surface area (Å²) < 4.78 is 5.60. The Morgan fingerprint density at radius 2 is 2.00 bits per heavy atom. The number of carbonyl (C=O) groups is 1. The van der Waals surface area contributed by atoms with E-state index in [4.69, 9.17) is 15.7 Å². The average molecular weight is 283 g/mol. The molecule has 0 aromatic heterocycles. The quantitative estimate of drug-likeness (QED) is 0.352. The van der Waals surface area contributed by atoms with Crippen molar-refractivity contribution < 1.29 is 14.7 Å². The Morgan fingerprint density at radius 3 is 2.50 bits per heavy atom. The van der Waals surface area contributed by atoms with E-state index in [0.29, 0.717) is 32.5 Å². The lowest BCUT2D eigenvalue weighted by molar-refractivity contribution is -0.140. The topological polar surface area (TPSA) is 88.2 Å². The Hall–Kier alpha value is -1.30. The molecule has 0 radical (unpaired) electrons. The Labute approximate surface area is 119 Å². The Balaban J connectivity index is 2.03. The lowest BCUT2D eigenvalue weighted by atomic mass is 9.82. The number of hydrogen-bond donors (Lipinski definition) is 2. The van der Waals surface area contributed by atoms with Crippen LogP contribution >= 0.6 is 0 Å². The van der Waals surface area contributed by atoms with Crippen molar-refractivity contribution in [2.24, 2.45) is 16.3 Å². The predicted octanol–water partition coefficient (Wildman–Crippen LogP) is 1.32. The zero-order valence-corrected chi connectivity index (χ0v) is 12.2. The van der Waals surface area contributed by atoms with Gasteiger partial charge in [0.15, 0.2) is 5.84 Å². The molecule has 1 heterocycles. The molecule has 0 bridgehead atoms. The maximum atomic E-state index is 12.8. The van der Waals surface area contributed by atoms with E-state index in [1.54, 1.807) is 0 Å². The third-order valence-electron chi connectivity index (χ3n) is 4.60. The summed E-state index contributed by atoms with van der Waals surface area (Å²) in [6.45, 7) is 4.10. The van der Waals surface area contributed by atoms with E-state index in [-0.39, 0.29) is 17.8 Å². The number of hydrogen-bond acceptors (Lipinski definition) is 4. The number of amides is 1. The van der Waals surface area contributed by atoms with Crippen molar-refractivity contribution >= 4 is 11.7 Å². The summed E-state index contributed by atoms with van der Waals surface area (Å²) in [5.74, 6) is 0.104. The molecule has 0 aromatic carbocycles. The van der Waals surface area contributed by atoms with Crippen molar-refractivity contribution in [2.75, 3.05) is 19.7 Å². The molecule has 0 spiro atoms. The summed E-state index contributed by atoms with van der Waals surface area (Å²) in [5, 5.41) is 12.1. The van der Waals surface area contributed by atoms with E-state index < -0.39 is 5.41 Å². The van der Waals surface area contributed by atoms with Crippen molar-refractivity contribution in [2.45, 2.75) is 51.6 Å². The Bertz CT molecular complexity index is 370. The smallest absolute Gasteiger partial charge is 0.236 e. The first-order valence-electron chi connectivity index (χ1n) is 7.53. The minimum atomic E-state index is -0.771. The molecule has 6 nitrogen and oxygen atoms in total. The molecule has 1 aliphatic heterocycles. The van der Waals surface area contributed by atoms with Gasteiger partial charge in [0.25, 0.3) is 0 Å². The van der Waals surface area contributed by atoms with Gasteiger partial charge in [-0.1, -0.05) is 18.0 Å². The molecule has 1 amide bonds. The number of carbonyl (C=O) groups excluding carboxylic acids is 1. The van der Waals surface area contributed by atoms with Gasteiger partial charge in [-0.15, -0.1) is 0 Å². The predicted molar refractivity (Wildman–Crippen MR) is 75.5 cm³/mol. The van der Waals surface area contributed by atoms with Gasteiger partial charge >= 0.3 is 0 Å². The largest absolute Gasteiger partial charge is 0.409 e. The van der Waals surface area contributed by atoms with Gasteiger partial charge in [-0.2, -0.15) is 0 Å². The van der Waals surface area contributed by atoms with Crippen LogP contribution in [0.25, 0.3) is 0 Å². The summed E-state index contributed by atoms with van der Waals surface area (Å²) in [4.78, 5) is 14.7.